The molecule has 1 amide bonds. The molecule has 0 spiro atoms. The van der Waals surface area contributed by atoms with Crippen molar-refractivity contribution >= 4 is 11.9 Å². The monoisotopic (exact) mass is 426 g/mol. The maximum Gasteiger partial charge on any atom is 0.326 e. The highest BCUT2D eigenvalue weighted by Gasteiger charge is 2.39. The third kappa shape index (κ3) is 4.87. The van der Waals surface area contributed by atoms with Crippen molar-refractivity contribution in [1.82, 2.24) is 5.32 Å². The minimum Gasteiger partial charge on any atom is -0.480 e. The molecule has 0 aliphatic heterocycles. The SMILES string of the molecule is C[C@@H](CC#N)[C@@H](NC(=O)CC(c1ccccc1)(c1ccccc1)c1ccccc1)C(=O)O. The predicted octanol–water partition coefficient (Wildman–Crippen LogP) is 4.53. The summed E-state index contributed by atoms with van der Waals surface area (Å²) >= 11 is 0. The average molecular weight is 427 g/mol. The zero-order valence-corrected chi connectivity index (χ0v) is 17.9. The first-order valence-electron chi connectivity index (χ1n) is 10.5. The Hall–Kier alpha value is -3.91. The van der Waals surface area contributed by atoms with Crippen LogP contribution in [0, 0.1) is 17.2 Å². The Morgan fingerprint density at radius 2 is 1.28 bits per heavy atom. The summed E-state index contributed by atoms with van der Waals surface area (Å²) in [6.45, 7) is 1.65. The molecule has 3 aromatic carbocycles. The number of amides is 1. The van der Waals surface area contributed by atoms with E-state index < -0.39 is 29.3 Å². The standard InChI is InChI=1S/C27H26N2O3/c1-20(17-18-28)25(26(31)32)29-24(30)19-27(21-11-5-2-6-12-21,22-13-7-3-8-14-22)23-15-9-4-10-16-23/h2-16,20,25H,17,19H2,1H3,(H,29,30)(H,31,32)/t20-,25+/m0/s1. The van der Waals surface area contributed by atoms with Crippen LogP contribution in [0.15, 0.2) is 91.0 Å². The molecule has 0 unspecified atom stereocenters. The van der Waals surface area contributed by atoms with E-state index >= 15 is 0 Å². The number of carbonyl (C=O) groups is 2. The number of nitrogens with one attached hydrogen (secondary N) is 1. The van der Waals surface area contributed by atoms with E-state index in [1.165, 1.54) is 0 Å². The van der Waals surface area contributed by atoms with Gasteiger partial charge in [0.05, 0.1) is 11.5 Å². The number of hydrogen-bond acceptors (Lipinski definition) is 3. The molecule has 0 fully saturated rings. The fourth-order valence-corrected chi connectivity index (χ4v) is 4.15. The van der Waals surface area contributed by atoms with E-state index in [2.05, 4.69) is 5.32 Å². The van der Waals surface area contributed by atoms with Gasteiger partial charge in [-0.1, -0.05) is 97.9 Å². The van der Waals surface area contributed by atoms with Crippen molar-refractivity contribution in [2.24, 2.45) is 5.92 Å². The molecular formula is C27H26N2O3. The van der Waals surface area contributed by atoms with Crippen LogP contribution in [-0.2, 0) is 15.0 Å². The van der Waals surface area contributed by atoms with Gasteiger partial charge in [0.15, 0.2) is 0 Å². The lowest BCUT2D eigenvalue weighted by Crippen LogP contribution is -2.47. The van der Waals surface area contributed by atoms with Crippen LogP contribution in [0.25, 0.3) is 0 Å². The fourth-order valence-electron chi connectivity index (χ4n) is 4.15. The Labute approximate surface area is 188 Å². The molecule has 3 aromatic rings. The summed E-state index contributed by atoms with van der Waals surface area (Å²) in [4.78, 5) is 25.1. The average Bonchev–Trinajstić information content (AvgIpc) is 2.82. The van der Waals surface area contributed by atoms with Crippen molar-refractivity contribution < 1.29 is 14.7 Å². The highest BCUT2D eigenvalue weighted by molar-refractivity contribution is 5.85. The Morgan fingerprint density at radius 1 is 0.875 bits per heavy atom. The van der Waals surface area contributed by atoms with Crippen molar-refractivity contribution in [1.29, 1.82) is 5.26 Å². The zero-order valence-electron chi connectivity index (χ0n) is 17.9. The molecule has 5 heteroatoms. The Bertz CT molecular complexity index is 979. The number of benzene rings is 3. The van der Waals surface area contributed by atoms with Crippen molar-refractivity contribution in [2.75, 3.05) is 0 Å². The van der Waals surface area contributed by atoms with Crippen LogP contribution >= 0.6 is 0 Å². The van der Waals surface area contributed by atoms with Crippen molar-refractivity contribution in [3.05, 3.63) is 108 Å². The lowest BCUT2D eigenvalue weighted by atomic mass is 9.67. The smallest absolute Gasteiger partial charge is 0.326 e. The summed E-state index contributed by atoms with van der Waals surface area (Å²) in [7, 11) is 0. The summed E-state index contributed by atoms with van der Waals surface area (Å²) in [6, 6.07) is 30.1. The van der Waals surface area contributed by atoms with E-state index in [0.29, 0.717) is 0 Å². The van der Waals surface area contributed by atoms with Gasteiger partial charge in [-0.05, 0) is 16.7 Å². The molecule has 0 heterocycles. The topological polar surface area (TPSA) is 90.2 Å². The van der Waals surface area contributed by atoms with Crippen molar-refractivity contribution in [3.63, 3.8) is 0 Å². The van der Waals surface area contributed by atoms with Gasteiger partial charge in [0, 0.05) is 18.8 Å². The van der Waals surface area contributed by atoms with Crippen LogP contribution in [0.2, 0.25) is 0 Å². The number of rotatable bonds is 9. The first-order valence-corrected chi connectivity index (χ1v) is 10.5. The van der Waals surface area contributed by atoms with Gasteiger partial charge in [-0.3, -0.25) is 4.79 Å². The molecule has 0 aromatic heterocycles. The highest BCUT2D eigenvalue weighted by Crippen LogP contribution is 2.42. The molecule has 0 saturated carbocycles. The molecule has 0 saturated heterocycles. The Kier molecular flexibility index (Phi) is 7.41. The number of hydrogen-bond donors (Lipinski definition) is 2. The maximum absolute atomic E-state index is 13.3. The molecular weight excluding hydrogens is 400 g/mol. The molecule has 0 aliphatic rings. The van der Waals surface area contributed by atoms with E-state index in [-0.39, 0.29) is 12.8 Å². The van der Waals surface area contributed by atoms with Crippen LogP contribution in [0.1, 0.15) is 36.5 Å². The molecule has 5 nitrogen and oxygen atoms in total. The minimum absolute atomic E-state index is 0.0219. The van der Waals surface area contributed by atoms with Crippen LogP contribution in [0.4, 0.5) is 0 Å². The summed E-state index contributed by atoms with van der Waals surface area (Å²) in [5.74, 6) is -2.05. The summed E-state index contributed by atoms with van der Waals surface area (Å²) in [6.07, 6.45) is 0.0620. The van der Waals surface area contributed by atoms with Gasteiger partial charge in [-0.15, -0.1) is 0 Å². The molecule has 32 heavy (non-hydrogen) atoms. The van der Waals surface area contributed by atoms with Crippen LogP contribution < -0.4 is 5.32 Å². The minimum atomic E-state index is -1.15. The number of nitriles is 1. The molecule has 2 N–H and O–H groups in total. The molecule has 0 aliphatic carbocycles. The lowest BCUT2D eigenvalue weighted by molar-refractivity contribution is -0.143. The van der Waals surface area contributed by atoms with Gasteiger partial charge in [0.2, 0.25) is 5.91 Å². The van der Waals surface area contributed by atoms with Gasteiger partial charge in [0.25, 0.3) is 0 Å². The van der Waals surface area contributed by atoms with Gasteiger partial charge in [-0.25, -0.2) is 4.79 Å². The van der Waals surface area contributed by atoms with Crippen LogP contribution in [-0.4, -0.2) is 23.0 Å². The second kappa shape index (κ2) is 10.4. The fraction of sp³-hybridized carbons (Fsp3) is 0.222. The quantitative estimate of drug-likeness (QED) is 0.492. The van der Waals surface area contributed by atoms with Gasteiger partial charge in [0.1, 0.15) is 6.04 Å². The third-order valence-corrected chi connectivity index (χ3v) is 5.79. The number of carbonyl (C=O) groups excluding carboxylic acids is 1. The first kappa shape index (κ1) is 22.8. The van der Waals surface area contributed by atoms with Crippen LogP contribution in [0.5, 0.6) is 0 Å². The largest absolute Gasteiger partial charge is 0.480 e. The van der Waals surface area contributed by atoms with Crippen LogP contribution in [0.3, 0.4) is 0 Å². The van der Waals surface area contributed by atoms with E-state index in [4.69, 9.17) is 5.26 Å². The second-order valence-electron chi connectivity index (χ2n) is 7.90. The lowest BCUT2D eigenvalue weighted by Gasteiger charge is -2.36. The third-order valence-electron chi connectivity index (χ3n) is 5.79. The summed E-state index contributed by atoms with van der Waals surface area (Å²) < 4.78 is 0. The number of aliphatic carboxylic acids is 1. The first-order chi connectivity index (χ1) is 15.5. The highest BCUT2D eigenvalue weighted by atomic mass is 16.4. The predicted molar refractivity (Wildman–Crippen MR) is 123 cm³/mol. The normalized spacial score (nSPS) is 12.9. The van der Waals surface area contributed by atoms with E-state index in [1.807, 2.05) is 97.1 Å². The summed E-state index contributed by atoms with van der Waals surface area (Å²) in [5.41, 5.74) is 1.99. The molecule has 162 valence electrons. The molecule has 2 atom stereocenters. The molecule has 0 radical (unpaired) electrons. The maximum atomic E-state index is 13.3. The Balaban J connectivity index is 2.10. The summed E-state index contributed by atoms with van der Waals surface area (Å²) in [5, 5.41) is 21.3. The molecule has 0 bridgehead atoms. The van der Waals surface area contributed by atoms with Gasteiger partial charge in [-0.2, -0.15) is 5.26 Å². The number of carboxylic acids is 1. The second-order valence-corrected chi connectivity index (χ2v) is 7.90. The van der Waals surface area contributed by atoms with Crippen molar-refractivity contribution in [2.45, 2.75) is 31.2 Å². The Morgan fingerprint density at radius 3 is 1.62 bits per heavy atom. The van der Waals surface area contributed by atoms with E-state index in [0.717, 1.165) is 16.7 Å². The number of nitrogens with zero attached hydrogens (tertiary/aromatic N) is 1. The van der Waals surface area contributed by atoms with Gasteiger partial charge >= 0.3 is 5.97 Å². The van der Waals surface area contributed by atoms with E-state index in [1.54, 1.807) is 6.92 Å². The van der Waals surface area contributed by atoms with Crippen molar-refractivity contribution in [3.8, 4) is 6.07 Å². The molecule has 3 rings (SSSR count). The van der Waals surface area contributed by atoms with Gasteiger partial charge < -0.3 is 10.4 Å². The van der Waals surface area contributed by atoms with E-state index in [9.17, 15) is 14.7 Å². The number of carboxylic acid groups (broad SMARTS) is 1. The zero-order chi connectivity index (χ0) is 23.0.